The molecule has 4 nitrogen and oxygen atoms in total. The summed E-state index contributed by atoms with van der Waals surface area (Å²) in [5, 5.41) is 3.13. The van der Waals surface area contributed by atoms with E-state index in [9.17, 15) is 4.79 Å². The van der Waals surface area contributed by atoms with Gasteiger partial charge >= 0.3 is 0 Å². The number of amides is 1. The van der Waals surface area contributed by atoms with E-state index in [0.717, 1.165) is 12.1 Å². The Bertz CT molecular complexity index is 464. The van der Waals surface area contributed by atoms with E-state index in [1.807, 2.05) is 18.2 Å². The van der Waals surface area contributed by atoms with Crippen LogP contribution in [0.3, 0.4) is 0 Å². The minimum atomic E-state index is 0.00241. The van der Waals surface area contributed by atoms with Crippen molar-refractivity contribution in [3.63, 3.8) is 0 Å². The quantitative estimate of drug-likeness (QED) is 0.830. The highest BCUT2D eigenvalue weighted by atomic mass is 16.1. The Morgan fingerprint density at radius 1 is 1.42 bits per heavy atom. The fourth-order valence-corrected chi connectivity index (χ4v) is 3.01. The van der Waals surface area contributed by atoms with Gasteiger partial charge in [-0.1, -0.05) is 6.07 Å². The predicted octanol–water partition coefficient (Wildman–Crippen LogP) is 1.31. The van der Waals surface area contributed by atoms with Crippen molar-refractivity contribution >= 4 is 12.0 Å². The maximum absolute atomic E-state index is 11.9. The van der Waals surface area contributed by atoms with E-state index in [1.165, 1.54) is 25.9 Å². The van der Waals surface area contributed by atoms with Crippen LogP contribution in [0.5, 0.6) is 0 Å². The van der Waals surface area contributed by atoms with Crippen LogP contribution in [0.2, 0.25) is 0 Å². The first-order valence-electron chi connectivity index (χ1n) is 6.92. The molecule has 1 aromatic rings. The van der Waals surface area contributed by atoms with Crippen LogP contribution in [-0.4, -0.2) is 41.5 Å². The SMILES string of the molecule is O=C(/C=C/c1cccnc1)NC1CN2CCC1CC2. The first-order valence-corrected chi connectivity index (χ1v) is 6.92. The Balaban J connectivity index is 1.55. The molecule has 3 saturated heterocycles. The van der Waals surface area contributed by atoms with Crippen LogP contribution in [0.1, 0.15) is 18.4 Å². The summed E-state index contributed by atoms with van der Waals surface area (Å²) in [5.74, 6) is 0.670. The summed E-state index contributed by atoms with van der Waals surface area (Å²) in [6.45, 7) is 3.41. The van der Waals surface area contributed by atoms with E-state index in [4.69, 9.17) is 0 Å². The van der Waals surface area contributed by atoms with Crippen molar-refractivity contribution in [2.45, 2.75) is 18.9 Å². The van der Waals surface area contributed by atoms with Crippen molar-refractivity contribution in [3.8, 4) is 0 Å². The molecule has 4 heterocycles. The molecule has 0 aromatic carbocycles. The number of pyridine rings is 1. The molecule has 3 aliphatic heterocycles. The lowest BCUT2D eigenvalue weighted by molar-refractivity contribution is -0.118. The van der Waals surface area contributed by atoms with Crippen molar-refractivity contribution in [2.24, 2.45) is 5.92 Å². The van der Waals surface area contributed by atoms with Crippen LogP contribution in [0, 0.1) is 5.92 Å². The highest BCUT2D eigenvalue weighted by Crippen LogP contribution is 2.27. The van der Waals surface area contributed by atoms with E-state index in [1.54, 1.807) is 18.5 Å². The molecule has 1 N–H and O–H groups in total. The molecule has 0 radical (unpaired) electrons. The van der Waals surface area contributed by atoms with Gasteiger partial charge in [0.2, 0.25) is 5.91 Å². The van der Waals surface area contributed by atoms with E-state index in [2.05, 4.69) is 15.2 Å². The van der Waals surface area contributed by atoms with Crippen LogP contribution in [0.15, 0.2) is 30.6 Å². The molecule has 0 spiro atoms. The molecule has 1 atom stereocenters. The number of piperidine rings is 3. The number of hydrogen-bond acceptors (Lipinski definition) is 3. The zero-order valence-corrected chi connectivity index (χ0v) is 11.0. The molecule has 0 aliphatic carbocycles. The van der Waals surface area contributed by atoms with Crippen molar-refractivity contribution in [1.82, 2.24) is 15.2 Å². The molecule has 3 fully saturated rings. The third-order valence-corrected chi connectivity index (χ3v) is 4.10. The van der Waals surface area contributed by atoms with Gasteiger partial charge in [-0.2, -0.15) is 0 Å². The highest BCUT2D eigenvalue weighted by molar-refractivity contribution is 5.91. The van der Waals surface area contributed by atoms with Gasteiger partial charge in [-0.3, -0.25) is 9.78 Å². The van der Waals surface area contributed by atoms with Crippen molar-refractivity contribution in [3.05, 3.63) is 36.2 Å². The van der Waals surface area contributed by atoms with E-state index < -0.39 is 0 Å². The number of rotatable bonds is 3. The number of fused-ring (bicyclic) bond motifs is 3. The summed E-state index contributed by atoms with van der Waals surface area (Å²) >= 11 is 0. The van der Waals surface area contributed by atoms with Gasteiger partial charge in [0.15, 0.2) is 0 Å². The van der Waals surface area contributed by atoms with Gasteiger partial charge in [0.1, 0.15) is 0 Å². The molecule has 19 heavy (non-hydrogen) atoms. The number of hydrogen-bond donors (Lipinski definition) is 1. The molecule has 2 bridgehead atoms. The van der Waals surface area contributed by atoms with Gasteiger partial charge in [0.25, 0.3) is 0 Å². The fourth-order valence-electron chi connectivity index (χ4n) is 3.01. The van der Waals surface area contributed by atoms with Gasteiger partial charge in [0, 0.05) is 31.1 Å². The second kappa shape index (κ2) is 5.53. The number of nitrogens with one attached hydrogen (secondary N) is 1. The molecular formula is C15H19N3O. The van der Waals surface area contributed by atoms with Crippen LogP contribution >= 0.6 is 0 Å². The summed E-state index contributed by atoms with van der Waals surface area (Å²) in [6, 6.07) is 4.13. The van der Waals surface area contributed by atoms with E-state index >= 15 is 0 Å². The van der Waals surface area contributed by atoms with Gasteiger partial charge in [-0.15, -0.1) is 0 Å². The second-order valence-corrected chi connectivity index (χ2v) is 5.37. The molecule has 100 valence electrons. The fraction of sp³-hybridized carbons (Fsp3) is 0.467. The Morgan fingerprint density at radius 2 is 2.26 bits per heavy atom. The summed E-state index contributed by atoms with van der Waals surface area (Å²) < 4.78 is 0. The Hall–Kier alpha value is -1.68. The molecule has 1 amide bonds. The molecule has 1 unspecified atom stereocenters. The molecular weight excluding hydrogens is 238 g/mol. The van der Waals surface area contributed by atoms with Gasteiger partial charge in [0.05, 0.1) is 0 Å². The number of aromatic nitrogens is 1. The zero-order valence-electron chi connectivity index (χ0n) is 11.0. The zero-order chi connectivity index (χ0) is 13.1. The minimum Gasteiger partial charge on any atom is -0.348 e. The lowest BCUT2D eigenvalue weighted by atomic mass is 9.84. The monoisotopic (exact) mass is 257 g/mol. The Morgan fingerprint density at radius 3 is 2.89 bits per heavy atom. The first-order chi connectivity index (χ1) is 9.31. The lowest BCUT2D eigenvalue weighted by Crippen LogP contribution is -2.57. The molecule has 3 aliphatic rings. The van der Waals surface area contributed by atoms with Gasteiger partial charge in [-0.25, -0.2) is 0 Å². The summed E-state index contributed by atoms with van der Waals surface area (Å²) in [4.78, 5) is 18.4. The van der Waals surface area contributed by atoms with E-state index in [-0.39, 0.29) is 5.91 Å². The third kappa shape index (κ3) is 3.01. The van der Waals surface area contributed by atoms with Crippen molar-refractivity contribution < 1.29 is 4.79 Å². The molecule has 4 rings (SSSR count). The minimum absolute atomic E-state index is 0.00241. The maximum atomic E-state index is 11.9. The topological polar surface area (TPSA) is 45.2 Å². The predicted molar refractivity (Wildman–Crippen MR) is 74.4 cm³/mol. The Kier molecular flexibility index (Phi) is 3.60. The van der Waals surface area contributed by atoms with Gasteiger partial charge < -0.3 is 10.2 Å². The van der Waals surface area contributed by atoms with Crippen LogP contribution in [-0.2, 0) is 4.79 Å². The van der Waals surface area contributed by atoms with Crippen molar-refractivity contribution in [1.29, 1.82) is 0 Å². The van der Waals surface area contributed by atoms with E-state index in [0.29, 0.717) is 12.0 Å². The smallest absolute Gasteiger partial charge is 0.244 e. The average Bonchev–Trinajstić information content (AvgIpc) is 2.47. The summed E-state index contributed by atoms with van der Waals surface area (Å²) in [6.07, 6.45) is 9.33. The van der Waals surface area contributed by atoms with Crippen LogP contribution in [0.25, 0.3) is 6.08 Å². The lowest BCUT2D eigenvalue weighted by Gasteiger charge is -2.44. The second-order valence-electron chi connectivity index (χ2n) is 5.37. The summed E-state index contributed by atoms with van der Waals surface area (Å²) in [7, 11) is 0. The average molecular weight is 257 g/mol. The molecule has 1 aromatic heterocycles. The highest BCUT2D eigenvalue weighted by Gasteiger charge is 2.34. The molecule has 4 heteroatoms. The maximum Gasteiger partial charge on any atom is 0.244 e. The van der Waals surface area contributed by atoms with Crippen LogP contribution in [0.4, 0.5) is 0 Å². The first kappa shape index (κ1) is 12.4. The van der Waals surface area contributed by atoms with Gasteiger partial charge in [-0.05, 0) is 49.6 Å². The third-order valence-electron chi connectivity index (χ3n) is 4.10. The largest absolute Gasteiger partial charge is 0.348 e. The normalized spacial score (nSPS) is 29.6. The standard InChI is InChI=1S/C15H19N3O/c19-15(4-3-12-2-1-7-16-10-12)17-14-11-18-8-5-13(14)6-9-18/h1-4,7,10,13-14H,5-6,8-9,11H2,(H,17,19)/b4-3+. The van der Waals surface area contributed by atoms with Crippen molar-refractivity contribution in [2.75, 3.05) is 19.6 Å². The number of carbonyl (C=O) groups is 1. The van der Waals surface area contributed by atoms with Crippen LogP contribution < -0.4 is 5.32 Å². The number of nitrogens with zero attached hydrogens (tertiary/aromatic N) is 2. The molecule has 0 saturated carbocycles. The Labute approximate surface area is 113 Å². The number of carbonyl (C=O) groups excluding carboxylic acids is 1. The summed E-state index contributed by atoms with van der Waals surface area (Å²) in [5.41, 5.74) is 0.951.